The Morgan fingerprint density at radius 2 is 1.38 bits per heavy atom. The van der Waals surface area contributed by atoms with Crippen LogP contribution in [0.25, 0.3) is 0 Å². The molecule has 158 valence electrons. The number of hydrogen-bond donors (Lipinski definition) is 2. The third-order valence-electron chi connectivity index (χ3n) is 5.11. The van der Waals surface area contributed by atoms with E-state index in [1.807, 2.05) is 12.1 Å². The lowest BCUT2D eigenvalue weighted by atomic mass is 10.0. The highest BCUT2D eigenvalue weighted by Gasteiger charge is 2.06. The Morgan fingerprint density at radius 1 is 0.828 bits per heavy atom. The van der Waals surface area contributed by atoms with Gasteiger partial charge in [-0.2, -0.15) is 0 Å². The van der Waals surface area contributed by atoms with Crippen molar-refractivity contribution in [2.24, 2.45) is 0 Å². The zero-order chi connectivity index (χ0) is 20.9. The number of carbonyl (C=O) groups excluding carboxylic acids is 1. The van der Waals surface area contributed by atoms with Gasteiger partial charge in [-0.15, -0.1) is 0 Å². The van der Waals surface area contributed by atoms with Crippen LogP contribution in [0.1, 0.15) is 56.2 Å². The molecule has 4 heteroatoms. The van der Waals surface area contributed by atoms with Gasteiger partial charge in [0.1, 0.15) is 0 Å². The van der Waals surface area contributed by atoms with E-state index in [9.17, 15) is 4.79 Å². The van der Waals surface area contributed by atoms with E-state index < -0.39 is 0 Å². The molecule has 2 rings (SSSR count). The number of nitrogens with zero attached hydrogens (tertiary/aromatic N) is 1. The minimum absolute atomic E-state index is 0.137. The van der Waals surface area contributed by atoms with Crippen molar-refractivity contribution in [1.29, 1.82) is 0 Å². The summed E-state index contributed by atoms with van der Waals surface area (Å²) in [6.07, 6.45) is 5.74. The van der Waals surface area contributed by atoms with Gasteiger partial charge in [-0.05, 0) is 62.5 Å². The molecule has 0 heterocycles. The lowest BCUT2D eigenvalue weighted by molar-refractivity contribution is 0.243. The van der Waals surface area contributed by atoms with Crippen LogP contribution in [0.5, 0.6) is 0 Å². The number of carbonyl (C=O) groups is 1. The Labute approximate surface area is 176 Å². The van der Waals surface area contributed by atoms with Crippen LogP contribution in [0.4, 0.5) is 10.5 Å². The van der Waals surface area contributed by atoms with E-state index in [4.69, 9.17) is 0 Å². The first-order chi connectivity index (χ1) is 14.1. The molecule has 2 aromatic carbocycles. The quantitative estimate of drug-likeness (QED) is 0.491. The largest absolute Gasteiger partial charge is 0.337 e. The van der Waals surface area contributed by atoms with Gasteiger partial charge in [-0.3, -0.25) is 0 Å². The smallest absolute Gasteiger partial charge is 0.319 e. The molecule has 0 aliphatic heterocycles. The highest BCUT2D eigenvalue weighted by atomic mass is 16.2. The summed E-state index contributed by atoms with van der Waals surface area (Å²) in [6, 6.07) is 16.6. The van der Waals surface area contributed by atoms with E-state index >= 15 is 0 Å². The zero-order valence-electron chi connectivity index (χ0n) is 18.3. The molecule has 0 radical (unpaired) electrons. The number of hydrogen-bond acceptors (Lipinski definition) is 2. The summed E-state index contributed by atoms with van der Waals surface area (Å²) in [5, 5.41) is 5.91. The molecule has 0 spiro atoms. The maximum atomic E-state index is 12.2. The van der Waals surface area contributed by atoms with Crippen LogP contribution >= 0.6 is 0 Å². The Morgan fingerprint density at radius 3 is 1.93 bits per heavy atom. The molecule has 2 N–H and O–H groups in total. The summed E-state index contributed by atoms with van der Waals surface area (Å²) in [6.45, 7) is 10.3. The van der Waals surface area contributed by atoms with Crippen molar-refractivity contribution in [3.8, 4) is 0 Å². The molecule has 29 heavy (non-hydrogen) atoms. The van der Waals surface area contributed by atoms with Crippen LogP contribution < -0.4 is 10.6 Å². The topological polar surface area (TPSA) is 44.4 Å². The van der Waals surface area contributed by atoms with E-state index in [0.717, 1.165) is 31.7 Å². The number of urea groups is 1. The summed E-state index contributed by atoms with van der Waals surface area (Å²) in [5.41, 5.74) is 4.63. The van der Waals surface area contributed by atoms with Gasteiger partial charge in [0.25, 0.3) is 0 Å². The van der Waals surface area contributed by atoms with E-state index in [1.54, 1.807) is 0 Å². The fourth-order valence-electron chi connectivity index (χ4n) is 3.25. The standard InChI is InChI=1S/C25H37N3O/c1-4-6-17-28(18-7-5-2)19-16-26-25(29)27-24-14-12-23(13-15-24)20-22-10-8-21(3)9-11-22/h8-15H,4-7,16-20H2,1-3H3,(H2,26,27,29). The average molecular weight is 396 g/mol. The fraction of sp³-hybridized carbons (Fsp3) is 0.480. The van der Waals surface area contributed by atoms with Gasteiger partial charge in [0, 0.05) is 18.8 Å². The van der Waals surface area contributed by atoms with E-state index in [1.165, 1.54) is 42.4 Å². The fourth-order valence-corrected chi connectivity index (χ4v) is 3.25. The van der Waals surface area contributed by atoms with Gasteiger partial charge >= 0.3 is 6.03 Å². The number of rotatable bonds is 12. The third kappa shape index (κ3) is 9.14. The molecule has 0 aromatic heterocycles. The van der Waals surface area contributed by atoms with Crippen molar-refractivity contribution in [3.63, 3.8) is 0 Å². The molecule has 4 nitrogen and oxygen atoms in total. The molecular weight excluding hydrogens is 358 g/mol. The second-order valence-corrected chi connectivity index (χ2v) is 7.79. The van der Waals surface area contributed by atoms with Crippen molar-refractivity contribution in [2.45, 2.75) is 52.9 Å². The summed E-state index contributed by atoms with van der Waals surface area (Å²) in [7, 11) is 0. The van der Waals surface area contributed by atoms with Crippen LogP contribution in [0, 0.1) is 6.92 Å². The van der Waals surface area contributed by atoms with Crippen molar-refractivity contribution in [3.05, 3.63) is 65.2 Å². The molecule has 0 fully saturated rings. The average Bonchev–Trinajstić information content (AvgIpc) is 2.72. The molecule has 0 saturated heterocycles. The van der Waals surface area contributed by atoms with Crippen molar-refractivity contribution < 1.29 is 4.79 Å². The number of anilines is 1. The second kappa shape index (κ2) is 13.0. The van der Waals surface area contributed by atoms with Gasteiger partial charge < -0.3 is 15.5 Å². The van der Waals surface area contributed by atoms with E-state index in [2.05, 4.69) is 72.7 Å². The van der Waals surface area contributed by atoms with Gasteiger partial charge in [-0.25, -0.2) is 4.79 Å². The molecular formula is C25H37N3O. The summed E-state index contributed by atoms with van der Waals surface area (Å²) < 4.78 is 0. The number of nitrogens with one attached hydrogen (secondary N) is 2. The maximum Gasteiger partial charge on any atom is 0.319 e. The van der Waals surface area contributed by atoms with E-state index in [-0.39, 0.29) is 6.03 Å². The molecule has 0 aliphatic rings. The Bertz CT molecular complexity index is 702. The zero-order valence-corrected chi connectivity index (χ0v) is 18.3. The van der Waals surface area contributed by atoms with Gasteiger partial charge in [0.15, 0.2) is 0 Å². The van der Waals surface area contributed by atoms with Crippen LogP contribution in [-0.2, 0) is 6.42 Å². The number of benzene rings is 2. The SMILES string of the molecule is CCCCN(CCCC)CCNC(=O)Nc1ccc(Cc2ccc(C)cc2)cc1. The highest BCUT2D eigenvalue weighted by Crippen LogP contribution is 2.14. The molecule has 0 atom stereocenters. The van der Waals surface area contributed by atoms with Crippen LogP contribution in [0.15, 0.2) is 48.5 Å². The monoisotopic (exact) mass is 395 g/mol. The first-order valence-electron chi connectivity index (χ1n) is 11.0. The van der Waals surface area contributed by atoms with Gasteiger partial charge in [0.05, 0.1) is 0 Å². The first-order valence-corrected chi connectivity index (χ1v) is 11.0. The lowest BCUT2D eigenvalue weighted by Crippen LogP contribution is -2.37. The minimum atomic E-state index is -0.137. The van der Waals surface area contributed by atoms with Crippen molar-refractivity contribution >= 4 is 11.7 Å². The summed E-state index contributed by atoms with van der Waals surface area (Å²) in [5.74, 6) is 0. The lowest BCUT2D eigenvalue weighted by Gasteiger charge is -2.22. The molecule has 0 aliphatic carbocycles. The summed E-state index contributed by atoms with van der Waals surface area (Å²) in [4.78, 5) is 14.6. The first kappa shape index (κ1) is 23.0. The van der Waals surface area contributed by atoms with Crippen molar-refractivity contribution in [1.82, 2.24) is 10.2 Å². The molecule has 2 aromatic rings. The normalized spacial score (nSPS) is 10.9. The van der Waals surface area contributed by atoms with Crippen LogP contribution in [0.3, 0.4) is 0 Å². The third-order valence-corrected chi connectivity index (χ3v) is 5.11. The Kier molecular flexibility index (Phi) is 10.3. The number of aryl methyl sites for hydroxylation is 1. The Hall–Kier alpha value is -2.33. The van der Waals surface area contributed by atoms with Crippen LogP contribution in [0.2, 0.25) is 0 Å². The van der Waals surface area contributed by atoms with E-state index in [0.29, 0.717) is 6.54 Å². The van der Waals surface area contributed by atoms with Crippen molar-refractivity contribution in [2.75, 3.05) is 31.5 Å². The predicted molar refractivity (Wildman–Crippen MR) is 124 cm³/mol. The van der Waals surface area contributed by atoms with Crippen LogP contribution in [-0.4, -0.2) is 37.1 Å². The molecule has 2 amide bonds. The van der Waals surface area contributed by atoms with Gasteiger partial charge in [-0.1, -0.05) is 68.7 Å². The number of unbranched alkanes of at least 4 members (excludes halogenated alkanes) is 2. The molecule has 0 bridgehead atoms. The summed E-state index contributed by atoms with van der Waals surface area (Å²) >= 11 is 0. The molecule has 0 unspecified atom stereocenters. The van der Waals surface area contributed by atoms with Gasteiger partial charge in [0.2, 0.25) is 0 Å². The Balaban J connectivity index is 1.74. The minimum Gasteiger partial charge on any atom is -0.337 e. The molecule has 0 saturated carbocycles. The number of amides is 2. The second-order valence-electron chi connectivity index (χ2n) is 7.79. The predicted octanol–water partition coefficient (Wildman–Crippen LogP) is 5.61. The highest BCUT2D eigenvalue weighted by molar-refractivity contribution is 5.89. The maximum absolute atomic E-state index is 12.2.